The zero-order valence-electron chi connectivity index (χ0n) is 11.2. The molecular weight excluding hydrogens is 312 g/mol. The first kappa shape index (κ1) is 15.8. The number of nitrogens with one attached hydrogen (secondary N) is 2. The van der Waals surface area contributed by atoms with E-state index in [-0.39, 0.29) is 12.5 Å². The van der Waals surface area contributed by atoms with Gasteiger partial charge in [0.1, 0.15) is 5.75 Å². The van der Waals surface area contributed by atoms with E-state index in [9.17, 15) is 4.79 Å². The van der Waals surface area contributed by atoms with Gasteiger partial charge in [-0.2, -0.15) is 0 Å². The zero-order valence-corrected chi connectivity index (χ0v) is 12.7. The van der Waals surface area contributed by atoms with Gasteiger partial charge in [0.05, 0.1) is 13.7 Å². The molecule has 0 saturated heterocycles. The van der Waals surface area contributed by atoms with Crippen LogP contribution in [0, 0.1) is 0 Å². The summed E-state index contributed by atoms with van der Waals surface area (Å²) in [6.45, 7) is 1.50. The van der Waals surface area contributed by atoms with Crippen LogP contribution in [0.1, 0.15) is 6.42 Å². The van der Waals surface area contributed by atoms with Gasteiger partial charge in [0.15, 0.2) is 0 Å². The van der Waals surface area contributed by atoms with Crippen LogP contribution >= 0.6 is 15.9 Å². The van der Waals surface area contributed by atoms with Gasteiger partial charge >= 0.3 is 0 Å². The minimum Gasteiger partial charge on any atom is -0.497 e. The van der Waals surface area contributed by atoms with Crippen molar-refractivity contribution in [3.63, 3.8) is 0 Å². The lowest BCUT2D eigenvalue weighted by atomic mass is 10.3. The molecule has 19 heavy (non-hydrogen) atoms. The third-order valence-corrected chi connectivity index (χ3v) is 2.87. The maximum atomic E-state index is 11.6. The van der Waals surface area contributed by atoms with E-state index in [0.29, 0.717) is 13.2 Å². The fourth-order valence-electron chi connectivity index (χ4n) is 1.47. The van der Waals surface area contributed by atoms with Gasteiger partial charge in [-0.05, 0) is 18.6 Å². The van der Waals surface area contributed by atoms with Crippen molar-refractivity contribution in [2.45, 2.75) is 6.42 Å². The molecule has 0 fully saturated rings. The van der Waals surface area contributed by atoms with Gasteiger partial charge in [-0.3, -0.25) is 4.79 Å². The number of ether oxygens (including phenoxy) is 2. The smallest absolute Gasteiger partial charge is 0.239 e. The standard InChI is InChI=1S/C13H19BrN2O3/c1-18-5-3-4-15-13(17)9-16-11-6-10(14)7-12(8-11)19-2/h6-8,16H,3-5,9H2,1-2H3,(H,15,17). The van der Waals surface area contributed by atoms with Crippen molar-refractivity contribution in [2.75, 3.05) is 39.2 Å². The highest BCUT2D eigenvalue weighted by atomic mass is 79.9. The molecule has 0 aliphatic heterocycles. The highest BCUT2D eigenvalue weighted by molar-refractivity contribution is 9.10. The van der Waals surface area contributed by atoms with E-state index in [1.54, 1.807) is 14.2 Å². The Morgan fingerprint density at radius 2 is 2.11 bits per heavy atom. The van der Waals surface area contributed by atoms with E-state index in [1.807, 2.05) is 18.2 Å². The quantitative estimate of drug-likeness (QED) is 0.716. The summed E-state index contributed by atoms with van der Waals surface area (Å²) in [5, 5.41) is 5.85. The summed E-state index contributed by atoms with van der Waals surface area (Å²) in [5.41, 5.74) is 0.832. The SMILES string of the molecule is COCCCNC(=O)CNc1cc(Br)cc(OC)c1. The van der Waals surface area contributed by atoms with Gasteiger partial charge in [-0.25, -0.2) is 0 Å². The molecule has 0 spiro atoms. The number of methoxy groups -OCH3 is 2. The topological polar surface area (TPSA) is 59.6 Å². The normalized spacial score (nSPS) is 10.1. The molecule has 0 heterocycles. The zero-order chi connectivity index (χ0) is 14.1. The molecular formula is C13H19BrN2O3. The third-order valence-electron chi connectivity index (χ3n) is 2.41. The molecule has 0 aliphatic carbocycles. The Morgan fingerprint density at radius 3 is 2.79 bits per heavy atom. The van der Waals surface area contributed by atoms with Crippen molar-refractivity contribution < 1.29 is 14.3 Å². The second-order valence-electron chi connectivity index (χ2n) is 3.93. The summed E-state index contributed by atoms with van der Waals surface area (Å²) >= 11 is 3.39. The molecule has 0 aromatic heterocycles. The number of carbonyl (C=O) groups is 1. The molecule has 1 rings (SSSR count). The first-order valence-electron chi connectivity index (χ1n) is 6.00. The average molecular weight is 331 g/mol. The summed E-state index contributed by atoms with van der Waals surface area (Å²) in [7, 11) is 3.25. The van der Waals surface area contributed by atoms with Gasteiger partial charge in [-0.1, -0.05) is 15.9 Å². The first-order valence-corrected chi connectivity index (χ1v) is 6.79. The van der Waals surface area contributed by atoms with Crippen LogP contribution in [0.2, 0.25) is 0 Å². The van der Waals surface area contributed by atoms with E-state index in [4.69, 9.17) is 9.47 Å². The molecule has 5 nitrogen and oxygen atoms in total. The fraction of sp³-hybridized carbons (Fsp3) is 0.462. The third kappa shape index (κ3) is 6.45. The number of carbonyl (C=O) groups excluding carboxylic acids is 1. The van der Waals surface area contributed by atoms with Crippen LogP contribution in [0.5, 0.6) is 5.75 Å². The Kier molecular flexibility index (Phi) is 7.28. The number of anilines is 1. The van der Waals surface area contributed by atoms with Crippen LogP contribution < -0.4 is 15.4 Å². The van der Waals surface area contributed by atoms with Crippen molar-refractivity contribution >= 4 is 27.5 Å². The van der Waals surface area contributed by atoms with Crippen LogP contribution in [-0.4, -0.2) is 39.8 Å². The lowest BCUT2D eigenvalue weighted by Crippen LogP contribution is -2.31. The number of halogens is 1. The Labute approximate surface area is 121 Å². The fourth-order valence-corrected chi connectivity index (χ4v) is 1.94. The van der Waals surface area contributed by atoms with E-state index in [2.05, 4.69) is 26.6 Å². The van der Waals surface area contributed by atoms with Crippen molar-refractivity contribution in [3.05, 3.63) is 22.7 Å². The van der Waals surface area contributed by atoms with Crippen molar-refractivity contribution in [1.82, 2.24) is 5.32 Å². The molecule has 6 heteroatoms. The van der Waals surface area contributed by atoms with Crippen molar-refractivity contribution in [2.24, 2.45) is 0 Å². The van der Waals surface area contributed by atoms with E-state index >= 15 is 0 Å². The van der Waals surface area contributed by atoms with Gasteiger partial charge in [0.2, 0.25) is 5.91 Å². The molecule has 0 radical (unpaired) electrons. The Hall–Kier alpha value is -1.27. The van der Waals surface area contributed by atoms with Crippen LogP contribution in [0.25, 0.3) is 0 Å². The number of hydrogen-bond acceptors (Lipinski definition) is 4. The van der Waals surface area contributed by atoms with Crippen molar-refractivity contribution in [1.29, 1.82) is 0 Å². The molecule has 1 amide bonds. The monoisotopic (exact) mass is 330 g/mol. The van der Waals surface area contributed by atoms with Crippen LogP contribution in [0.3, 0.4) is 0 Å². The maximum Gasteiger partial charge on any atom is 0.239 e. The molecule has 0 aliphatic rings. The minimum atomic E-state index is -0.0463. The summed E-state index contributed by atoms with van der Waals surface area (Å²) in [4.78, 5) is 11.6. The second kappa shape index (κ2) is 8.77. The highest BCUT2D eigenvalue weighted by Crippen LogP contribution is 2.24. The number of amides is 1. The minimum absolute atomic E-state index is 0.0463. The molecule has 0 unspecified atom stereocenters. The van der Waals surface area contributed by atoms with E-state index in [0.717, 1.165) is 22.3 Å². The van der Waals surface area contributed by atoms with Crippen LogP contribution in [-0.2, 0) is 9.53 Å². The average Bonchev–Trinajstić information content (AvgIpc) is 2.40. The predicted octanol–water partition coefficient (Wildman–Crippen LogP) is 2.02. The van der Waals surface area contributed by atoms with Crippen LogP contribution in [0.4, 0.5) is 5.69 Å². The number of hydrogen-bond donors (Lipinski definition) is 2. The maximum absolute atomic E-state index is 11.6. The summed E-state index contributed by atoms with van der Waals surface area (Å²) in [5.74, 6) is 0.687. The van der Waals surface area contributed by atoms with Gasteiger partial charge in [0, 0.05) is 36.5 Å². The summed E-state index contributed by atoms with van der Waals surface area (Å²) in [6.07, 6.45) is 0.812. The molecule has 106 valence electrons. The number of benzene rings is 1. The van der Waals surface area contributed by atoms with Crippen molar-refractivity contribution in [3.8, 4) is 5.75 Å². The molecule has 0 atom stereocenters. The summed E-state index contributed by atoms with van der Waals surface area (Å²) in [6, 6.07) is 5.58. The first-order chi connectivity index (χ1) is 9.15. The number of rotatable bonds is 8. The predicted molar refractivity (Wildman–Crippen MR) is 78.7 cm³/mol. The molecule has 1 aromatic carbocycles. The molecule has 0 bridgehead atoms. The van der Waals surface area contributed by atoms with Gasteiger partial charge in [0.25, 0.3) is 0 Å². The largest absolute Gasteiger partial charge is 0.497 e. The highest BCUT2D eigenvalue weighted by Gasteiger charge is 2.03. The summed E-state index contributed by atoms with van der Waals surface area (Å²) < 4.78 is 11.0. The molecule has 1 aromatic rings. The second-order valence-corrected chi connectivity index (χ2v) is 4.85. The van der Waals surface area contributed by atoms with Gasteiger partial charge in [-0.15, -0.1) is 0 Å². The molecule has 0 saturated carbocycles. The Bertz CT molecular complexity index is 413. The van der Waals surface area contributed by atoms with E-state index in [1.165, 1.54) is 0 Å². The molecule has 2 N–H and O–H groups in total. The van der Waals surface area contributed by atoms with Gasteiger partial charge < -0.3 is 20.1 Å². The Morgan fingerprint density at radius 1 is 1.32 bits per heavy atom. The lowest BCUT2D eigenvalue weighted by Gasteiger charge is -2.09. The Balaban J connectivity index is 2.35. The lowest BCUT2D eigenvalue weighted by molar-refractivity contribution is -0.119. The van der Waals surface area contributed by atoms with Crippen LogP contribution in [0.15, 0.2) is 22.7 Å². The van der Waals surface area contributed by atoms with E-state index < -0.39 is 0 Å².